The molecule has 1 fully saturated rings. The molecule has 0 unspecified atom stereocenters. The second-order valence-electron chi connectivity index (χ2n) is 5.70. The molecule has 24 heavy (non-hydrogen) atoms. The first-order chi connectivity index (χ1) is 11.6. The average Bonchev–Trinajstić information content (AvgIpc) is 2.61. The number of rotatable bonds is 3. The molecule has 124 valence electrons. The highest BCUT2D eigenvalue weighted by Gasteiger charge is 2.32. The molecule has 2 heterocycles. The van der Waals surface area contributed by atoms with Crippen LogP contribution in [0.3, 0.4) is 0 Å². The van der Waals surface area contributed by atoms with Gasteiger partial charge < -0.3 is 9.64 Å². The van der Waals surface area contributed by atoms with Gasteiger partial charge in [0.15, 0.2) is 5.82 Å². The monoisotopic (exact) mass is 343 g/mol. The fourth-order valence-electron chi connectivity index (χ4n) is 2.93. The van der Waals surface area contributed by atoms with Crippen LogP contribution in [0.5, 0.6) is 0 Å². The van der Waals surface area contributed by atoms with E-state index >= 15 is 0 Å². The molecule has 0 aliphatic carbocycles. The number of amides is 1. The van der Waals surface area contributed by atoms with E-state index in [1.807, 2.05) is 25.1 Å². The van der Waals surface area contributed by atoms with Gasteiger partial charge in [0.05, 0.1) is 25.3 Å². The maximum atomic E-state index is 12.3. The maximum absolute atomic E-state index is 12.3. The molecule has 0 spiro atoms. The zero-order chi connectivity index (χ0) is 17.1. The minimum absolute atomic E-state index is 0.0374. The molecule has 5 nitrogen and oxygen atoms in total. The number of ether oxygens (including phenoxy) is 1. The lowest BCUT2D eigenvalue weighted by atomic mass is 9.99. The Morgan fingerprint density at radius 2 is 2.08 bits per heavy atom. The van der Waals surface area contributed by atoms with Gasteiger partial charge in [-0.05, 0) is 42.8 Å². The Morgan fingerprint density at radius 1 is 1.33 bits per heavy atom. The van der Waals surface area contributed by atoms with Crippen LogP contribution in [0.2, 0.25) is 5.02 Å². The van der Waals surface area contributed by atoms with Crippen molar-refractivity contribution in [2.24, 2.45) is 0 Å². The minimum Gasteiger partial charge on any atom is -0.377 e. The second-order valence-corrected chi connectivity index (χ2v) is 6.13. The molecule has 0 N–H and O–H groups in total. The van der Waals surface area contributed by atoms with Gasteiger partial charge >= 0.3 is 0 Å². The molecule has 0 bridgehead atoms. The molecule has 2 aromatic rings. The molecule has 6 heteroatoms. The minimum atomic E-state index is -0.222. The number of carbonyl (C=O) groups is 1. The van der Waals surface area contributed by atoms with Crippen molar-refractivity contribution in [1.82, 2.24) is 14.9 Å². The SMILES string of the molecule is C=CC(=O)N1[C@H](C)COC[C@H]1c1cc(Cl)cc(-c2ncccn2)c1. The fourth-order valence-corrected chi connectivity index (χ4v) is 3.18. The lowest BCUT2D eigenvalue weighted by Gasteiger charge is -2.40. The van der Waals surface area contributed by atoms with Crippen LogP contribution in [0, 0.1) is 0 Å². The van der Waals surface area contributed by atoms with Crippen molar-refractivity contribution in [3.05, 3.63) is 59.9 Å². The Hall–Kier alpha value is -2.24. The lowest BCUT2D eigenvalue weighted by molar-refractivity contribution is -0.140. The number of halogens is 1. The third-order valence-corrected chi connectivity index (χ3v) is 4.22. The maximum Gasteiger partial charge on any atom is 0.246 e. The van der Waals surface area contributed by atoms with E-state index in [9.17, 15) is 4.79 Å². The van der Waals surface area contributed by atoms with E-state index < -0.39 is 0 Å². The van der Waals surface area contributed by atoms with Crippen molar-refractivity contribution in [2.75, 3.05) is 13.2 Å². The molecule has 3 rings (SSSR count). The van der Waals surface area contributed by atoms with Crippen LogP contribution < -0.4 is 0 Å². The topological polar surface area (TPSA) is 55.3 Å². The summed E-state index contributed by atoms with van der Waals surface area (Å²) in [5.74, 6) is 0.473. The number of hydrogen-bond donors (Lipinski definition) is 0. The molecule has 1 aliphatic heterocycles. The van der Waals surface area contributed by atoms with E-state index in [0.717, 1.165) is 11.1 Å². The Labute approximate surface area is 145 Å². The van der Waals surface area contributed by atoms with Gasteiger partial charge in [-0.1, -0.05) is 18.2 Å². The van der Waals surface area contributed by atoms with Gasteiger partial charge in [-0.3, -0.25) is 4.79 Å². The number of hydrogen-bond acceptors (Lipinski definition) is 4. The summed E-state index contributed by atoms with van der Waals surface area (Å²) in [6.45, 7) is 6.48. The van der Waals surface area contributed by atoms with Gasteiger partial charge in [0.1, 0.15) is 0 Å². The Bertz CT molecular complexity index is 751. The van der Waals surface area contributed by atoms with Crippen molar-refractivity contribution in [3.8, 4) is 11.4 Å². The average molecular weight is 344 g/mol. The van der Waals surface area contributed by atoms with Crippen molar-refractivity contribution in [2.45, 2.75) is 19.0 Å². The third-order valence-electron chi connectivity index (χ3n) is 4.00. The van der Waals surface area contributed by atoms with Crippen LogP contribution in [0.15, 0.2) is 49.3 Å². The van der Waals surface area contributed by atoms with E-state index in [1.54, 1.807) is 23.4 Å². The Morgan fingerprint density at radius 3 is 2.79 bits per heavy atom. The van der Waals surface area contributed by atoms with Crippen molar-refractivity contribution in [3.63, 3.8) is 0 Å². The van der Waals surface area contributed by atoms with Crippen molar-refractivity contribution < 1.29 is 9.53 Å². The van der Waals surface area contributed by atoms with E-state index in [1.165, 1.54) is 6.08 Å². The largest absolute Gasteiger partial charge is 0.377 e. The third kappa shape index (κ3) is 3.32. The van der Waals surface area contributed by atoms with Gasteiger partial charge in [0.2, 0.25) is 5.91 Å². The van der Waals surface area contributed by atoms with E-state index in [4.69, 9.17) is 16.3 Å². The zero-order valence-corrected chi connectivity index (χ0v) is 14.1. The zero-order valence-electron chi connectivity index (χ0n) is 13.4. The highest BCUT2D eigenvalue weighted by molar-refractivity contribution is 6.30. The van der Waals surface area contributed by atoms with Gasteiger partial charge in [-0.2, -0.15) is 0 Å². The molecule has 0 saturated carbocycles. The van der Waals surface area contributed by atoms with E-state index in [0.29, 0.717) is 24.1 Å². The summed E-state index contributed by atoms with van der Waals surface area (Å²) in [7, 11) is 0. The predicted molar refractivity (Wildman–Crippen MR) is 92.5 cm³/mol. The molecular formula is C18H18ClN3O2. The van der Waals surface area contributed by atoms with Gasteiger partial charge in [0, 0.05) is 23.0 Å². The normalized spacial score (nSPS) is 20.7. The van der Waals surface area contributed by atoms with Crippen LogP contribution in [-0.4, -0.2) is 40.0 Å². The quantitative estimate of drug-likeness (QED) is 0.803. The number of carbonyl (C=O) groups excluding carboxylic acids is 1. The van der Waals surface area contributed by atoms with Crippen molar-refractivity contribution >= 4 is 17.5 Å². The number of nitrogens with zero attached hydrogens (tertiary/aromatic N) is 3. The first kappa shape index (κ1) is 16.6. The van der Waals surface area contributed by atoms with Crippen molar-refractivity contribution in [1.29, 1.82) is 0 Å². The fraction of sp³-hybridized carbons (Fsp3) is 0.278. The molecule has 1 aliphatic rings. The van der Waals surface area contributed by atoms with Gasteiger partial charge in [-0.25, -0.2) is 9.97 Å². The highest BCUT2D eigenvalue weighted by Crippen LogP contribution is 2.32. The smallest absolute Gasteiger partial charge is 0.246 e. The lowest BCUT2D eigenvalue weighted by Crippen LogP contribution is -2.48. The molecule has 1 aromatic carbocycles. The summed E-state index contributed by atoms with van der Waals surface area (Å²) in [6, 6.07) is 7.12. The molecule has 1 amide bonds. The summed E-state index contributed by atoms with van der Waals surface area (Å²) < 4.78 is 5.66. The Balaban J connectivity index is 2.03. The van der Waals surface area contributed by atoms with Crippen LogP contribution in [-0.2, 0) is 9.53 Å². The van der Waals surface area contributed by atoms with Crippen LogP contribution in [0.4, 0.5) is 0 Å². The van der Waals surface area contributed by atoms with Gasteiger partial charge in [-0.15, -0.1) is 0 Å². The first-order valence-electron chi connectivity index (χ1n) is 7.70. The molecular weight excluding hydrogens is 326 g/mol. The summed E-state index contributed by atoms with van der Waals surface area (Å²) in [6.07, 6.45) is 4.70. The highest BCUT2D eigenvalue weighted by atomic mass is 35.5. The molecule has 0 radical (unpaired) electrons. The summed E-state index contributed by atoms with van der Waals surface area (Å²) in [4.78, 5) is 22.6. The number of morpholine rings is 1. The standard InChI is InChI=1S/C18H18ClN3O2/c1-3-17(23)22-12(2)10-24-11-16(22)13-7-14(9-15(19)8-13)18-20-5-4-6-21-18/h3-9,12,16H,1,10-11H2,2H3/t12-,16+/m1/s1. The van der Waals surface area contributed by atoms with Crippen LogP contribution >= 0.6 is 11.6 Å². The van der Waals surface area contributed by atoms with E-state index in [-0.39, 0.29) is 18.0 Å². The number of benzene rings is 1. The first-order valence-corrected chi connectivity index (χ1v) is 8.08. The summed E-state index contributed by atoms with van der Waals surface area (Å²) in [5, 5.41) is 0.569. The van der Waals surface area contributed by atoms with Crippen LogP contribution in [0.25, 0.3) is 11.4 Å². The predicted octanol–water partition coefficient (Wildman–Crippen LogP) is 3.27. The second kappa shape index (κ2) is 7.11. The Kier molecular flexibility index (Phi) is 4.92. The van der Waals surface area contributed by atoms with E-state index in [2.05, 4.69) is 16.5 Å². The summed E-state index contributed by atoms with van der Waals surface area (Å²) in [5.41, 5.74) is 1.70. The number of aromatic nitrogens is 2. The van der Waals surface area contributed by atoms with Crippen LogP contribution in [0.1, 0.15) is 18.5 Å². The van der Waals surface area contributed by atoms with Gasteiger partial charge in [0.25, 0.3) is 0 Å². The molecule has 1 saturated heterocycles. The summed E-state index contributed by atoms with van der Waals surface area (Å²) >= 11 is 6.30. The molecule has 2 atom stereocenters. The molecule has 1 aromatic heterocycles.